The van der Waals surface area contributed by atoms with Crippen LogP contribution >= 0.6 is 7.82 Å². The fraction of sp³-hybridized carbons (Fsp3) is 0.885. The molecule has 0 heterocycles. The van der Waals surface area contributed by atoms with Crippen LogP contribution in [-0.2, 0) is 18.4 Å². The van der Waals surface area contributed by atoms with Gasteiger partial charge in [-0.25, -0.2) is 4.57 Å². The van der Waals surface area contributed by atoms with E-state index >= 15 is 0 Å². The molecule has 0 aliphatic carbocycles. The summed E-state index contributed by atoms with van der Waals surface area (Å²) in [7, 11) is 1.56. The van der Waals surface area contributed by atoms with Gasteiger partial charge in [0.15, 0.2) is 0 Å². The summed E-state index contributed by atoms with van der Waals surface area (Å²) in [5.41, 5.74) is 0. The Bertz CT molecular complexity index is 609. The van der Waals surface area contributed by atoms with Crippen molar-refractivity contribution in [3.63, 3.8) is 0 Å². The number of allylic oxidation sites excluding steroid dienone is 1. The lowest BCUT2D eigenvalue weighted by Crippen LogP contribution is -2.45. The minimum absolute atomic E-state index is 0.0602. The highest BCUT2D eigenvalue weighted by molar-refractivity contribution is 7.47. The van der Waals surface area contributed by atoms with Gasteiger partial charge in [0.1, 0.15) is 13.2 Å². The molecule has 9 heteroatoms. The van der Waals surface area contributed by atoms with Gasteiger partial charge in [-0.1, -0.05) is 90.2 Å². The van der Waals surface area contributed by atoms with Crippen LogP contribution in [-0.4, -0.2) is 73.4 Å². The molecule has 0 aliphatic heterocycles. The van der Waals surface area contributed by atoms with E-state index in [1.807, 2.05) is 27.2 Å². The maximum atomic E-state index is 12.2. The molecule has 0 saturated heterocycles. The Balaban J connectivity index is 4.27. The number of rotatable bonds is 23. The Hall–Kier alpha value is -0.760. The lowest BCUT2D eigenvalue weighted by Gasteiger charge is -2.25. The van der Waals surface area contributed by atoms with E-state index in [0.29, 0.717) is 11.0 Å². The van der Waals surface area contributed by atoms with Crippen LogP contribution in [0.3, 0.4) is 0 Å². The number of carbonyl (C=O) groups excluding carboxylic acids is 1. The molecular formula is C26H54N2O6P+. The zero-order valence-corrected chi connectivity index (χ0v) is 23.9. The number of nitrogens with zero attached hydrogens (tertiary/aromatic N) is 1. The van der Waals surface area contributed by atoms with Crippen LogP contribution in [0.2, 0.25) is 0 Å². The van der Waals surface area contributed by atoms with Gasteiger partial charge in [0.25, 0.3) is 0 Å². The first-order chi connectivity index (χ1) is 16.5. The van der Waals surface area contributed by atoms with E-state index in [9.17, 15) is 19.4 Å². The number of quaternary nitrogens is 1. The highest BCUT2D eigenvalue weighted by Crippen LogP contribution is 2.43. The van der Waals surface area contributed by atoms with E-state index in [0.717, 1.165) is 19.3 Å². The molecule has 3 N–H and O–H groups in total. The highest BCUT2D eigenvalue weighted by Gasteiger charge is 2.27. The van der Waals surface area contributed by atoms with Crippen LogP contribution in [0.25, 0.3) is 0 Å². The Morgan fingerprint density at radius 1 is 0.943 bits per heavy atom. The summed E-state index contributed by atoms with van der Waals surface area (Å²) in [6, 6.07) is -0.835. The Morgan fingerprint density at radius 3 is 2.00 bits per heavy atom. The number of unbranched alkanes of at least 4 members (excludes halogenated alkanes) is 11. The number of phosphoric ester groups is 1. The molecule has 0 rings (SSSR count). The zero-order chi connectivity index (χ0) is 26.6. The molecule has 208 valence electrons. The third-order valence-electron chi connectivity index (χ3n) is 5.82. The van der Waals surface area contributed by atoms with Gasteiger partial charge in [-0.3, -0.25) is 13.8 Å². The number of hydrogen-bond acceptors (Lipinski definition) is 5. The molecule has 35 heavy (non-hydrogen) atoms. The minimum Gasteiger partial charge on any atom is -0.387 e. The maximum absolute atomic E-state index is 12.2. The predicted molar refractivity (Wildman–Crippen MR) is 143 cm³/mol. The third kappa shape index (κ3) is 22.2. The van der Waals surface area contributed by atoms with Gasteiger partial charge < -0.3 is 19.8 Å². The standard InChI is InChI=1S/C26H53N2O6P/c1-6-8-9-10-11-12-13-14-15-16-17-18-19-20-25(29)24(27-26(30)7-2)23-34-35(31,32)33-22-21-28(3,4)5/h19-20,24-25,29H,6-18,21-23H2,1-5H3,(H-,27,30,31,32)/p+1/b20-19+. The highest BCUT2D eigenvalue weighted by atomic mass is 31.2. The molecule has 0 aromatic heterocycles. The number of nitrogens with one attached hydrogen (secondary N) is 1. The number of aliphatic hydroxyl groups excluding tert-OH is 1. The normalized spacial score (nSPS) is 15.7. The molecule has 0 aromatic rings. The summed E-state index contributed by atoms with van der Waals surface area (Å²) in [5, 5.41) is 13.2. The number of amides is 1. The average Bonchev–Trinajstić information content (AvgIpc) is 2.78. The Labute approximate surface area is 214 Å². The zero-order valence-electron chi connectivity index (χ0n) is 23.0. The lowest BCUT2D eigenvalue weighted by atomic mass is 10.0. The van der Waals surface area contributed by atoms with Gasteiger partial charge >= 0.3 is 7.82 Å². The van der Waals surface area contributed by atoms with E-state index in [2.05, 4.69) is 12.2 Å². The second kappa shape index (κ2) is 20.3. The quantitative estimate of drug-likeness (QED) is 0.0726. The van der Waals surface area contributed by atoms with Crippen molar-refractivity contribution in [1.29, 1.82) is 0 Å². The van der Waals surface area contributed by atoms with E-state index < -0.39 is 20.0 Å². The second-order valence-corrected chi connectivity index (χ2v) is 11.8. The van der Waals surface area contributed by atoms with E-state index in [4.69, 9.17) is 9.05 Å². The molecular weight excluding hydrogens is 467 g/mol. The molecule has 0 aliphatic rings. The first kappa shape index (κ1) is 34.2. The maximum Gasteiger partial charge on any atom is 0.472 e. The predicted octanol–water partition coefficient (Wildman–Crippen LogP) is 5.34. The third-order valence-corrected chi connectivity index (χ3v) is 6.81. The molecule has 0 aromatic carbocycles. The molecule has 0 bridgehead atoms. The van der Waals surface area contributed by atoms with Crippen molar-refractivity contribution < 1.29 is 32.9 Å². The van der Waals surface area contributed by atoms with Crippen LogP contribution in [0.5, 0.6) is 0 Å². The van der Waals surface area contributed by atoms with Crippen LogP contribution in [0, 0.1) is 0 Å². The second-order valence-electron chi connectivity index (χ2n) is 10.4. The van der Waals surface area contributed by atoms with E-state index in [1.54, 1.807) is 13.0 Å². The minimum atomic E-state index is -4.28. The fourth-order valence-electron chi connectivity index (χ4n) is 3.47. The van der Waals surface area contributed by atoms with E-state index in [1.165, 1.54) is 57.8 Å². The summed E-state index contributed by atoms with van der Waals surface area (Å²) in [6.07, 6.45) is 17.7. The SMILES string of the molecule is CCCCCCCCCCCCC/C=C/C(O)C(COP(=O)(O)OCC[N+](C)(C)C)NC(=O)CC. The van der Waals surface area contributed by atoms with Crippen LogP contribution in [0.1, 0.15) is 97.3 Å². The molecule has 0 spiro atoms. The lowest BCUT2D eigenvalue weighted by molar-refractivity contribution is -0.870. The molecule has 0 fully saturated rings. The first-order valence-electron chi connectivity index (χ1n) is 13.6. The van der Waals surface area contributed by atoms with Gasteiger partial charge in [0.2, 0.25) is 5.91 Å². The monoisotopic (exact) mass is 521 g/mol. The average molecular weight is 522 g/mol. The van der Waals surface area contributed by atoms with Crippen LogP contribution in [0.15, 0.2) is 12.2 Å². The van der Waals surface area contributed by atoms with Gasteiger partial charge in [0.05, 0.1) is 39.9 Å². The van der Waals surface area contributed by atoms with Crippen molar-refractivity contribution in [2.45, 2.75) is 109 Å². The number of phosphoric acid groups is 1. The topological polar surface area (TPSA) is 105 Å². The van der Waals surface area contributed by atoms with Gasteiger partial charge in [-0.15, -0.1) is 0 Å². The molecule has 0 radical (unpaired) electrons. The van der Waals surface area contributed by atoms with Gasteiger partial charge in [-0.05, 0) is 12.8 Å². The Kier molecular flexibility index (Phi) is 19.9. The smallest absolute Gasteiger partial charge is 0.387 e. The van der Waals surface area contributed by atoms with Crippen molar-refractivity contribution in [1.82, 2.24) is 5.32 Å². The molecule has 1 amide bonds. The van der Waals surface area contributed by atoms with Crippen molar-refractivity contribution in [3.8, 4) is 0 Å². The van der Waals surface area contributed by atoms with Crippen molar-refractivity contribution in [2.24, 2.45) is 0 Å². The van der Waals surface area contributed by atoms with E-state index in [-0.39, 0.29) is 25.5 Å². The van der Waals surface area contributed by atoms with Gasteiger partial charge in [-0.2, -0.15) is 0 Å². The summed E-state index contributed by atoms with van der Waals surface area (Å²) in [4.78, 5) is 21.8. The molecule has 3 atom stereocenters. The summed E-state index contributed by atoms with van der Waals surface area (Å²) < 4.78 is 22.8. The number of likely N-dealkylation sites (N-methyl/N-ethyl adjacent to an activating group) is 1. The van der Waals surface area contributed by atoms with Crippen molar-refractivity contribution >= 4 is 13.7 Å². The van der Waals surface area contributed by atoms with Crippen LogP contribution in [0.4, 0.5) is 0 Å². The summed E-state index contributed by atoms with van der Waals surface area (Å²) in [6.45, 7) is 4.22. The number of carbonyl (C=O) groups is 1. The largest absolute Gasteiger partial charge is 0.472 e. The van der Waals surface area contributed by atoms with Crippen molar-refractivity contribution in [2.75, 3.05) is 40.9 Å². The first-order valence-corrected chi connectivity index (χ1v) is 15.1. The molecule has 8 nitrogen and oxygen atoms in total. The number of aliphatic hydroxyl groups is 1. The summed E-state index contributed by atoms with van der Waals surface area (Å²) in [5.74, 6) is -0.268. The van der Waals surface area contributed by atoms with Gasteiger partial charge in [0, 0.05) is 6.42 Å². The summed E-state index contributed by atoms with van der Waals surface area (Å²) >= 11 is 0. The van der Waals surface area contributed by atoms with Crippen molar-refractivity contribution in [3.05, 3.63) is 12.2 Å². The fourth-order valence-corrected chi connectivity index (χ4v) is 4.21. The Morgan fingerprint density at radius 2 is 1.49 bits per heavy atom. The molecule has 3 unspecified atom stereocenters. The number of hydrogen-bond donors (Lipinski definition) is 3. The van der Waals surface area contributed by atoms with Crippen LogP contribution < -0.4 is 5.32 Å². The molecule has 0 saturated carbocycles.